The van der Waals surface area contributed by atoms with E-state index in [1.165, 1.54) is 24.8 Å². The lowest BCUT2D eigenvalue weighted by Crippen LogP contribution is -2.01. The Kier molecular flexibility index (Phi) is 5.53. The molecule has 14 heavy (non-hydrogen) atoms. The molecule has 1 rings (SSSR count). The van der Waals surface area contributed by atoms with E-state index in [1.54, 1.807) is 7.11 Å². The van der Waals surface area contributed by atoms with Crippen molar-refractivity contribution in [3.05, 3.63) is 11.6 Å². The molecule has 2 nitrogen and oxygen atoms in total. The van der Waals surface area contributed by atoms with E-state index in [4.69, 9.17) is 4.74 Å². The molecule has 0 spiro atoms. The molecule has 80 valence electrons. The van der Waals surface area contributed by atoms with Crippen LogP contribution in [0.15, 0.2) is 11.6 Å². The van der Waals surface area contributed by atoms with Gasteiger partial charge >= 0.3 is 0 Å². The molecule has 0 aromatic rings. The maximum Gasteiger partial charge on any atom is 0.155 e. The Morgan fingerprint density at radius 2 is 2.07 bits per heavy atom. The molecule has 1 saturated carbocycles. The molecule has 0 radical (unpaired) electrons. The summed E-state index contributed by atoms with van der Waals surface area (Å²) in [5.41, 5.74) is 1.36. The summed E-state index contributed by atoms with van der Waals surface area (Å²) < 4.78 is 4.91. The molecule has 1 aliphatic carbocycles. The Morgan fingerprint density at radius 1 is 1.36 bits per heavy atom. The van der Waals surface area contributed by atoms with Crippen LogP contribution in [0.1, 0.15) is 44.9 Å². The fourth-order valence-corrected chi connectivity index (χ4v) is 1.84. The summed E-state index contributed by atoms with van der Waals surface area (Å²) >= 11 is 0. The van der Waals surface area contributed by atoms with Crippen molar-refractivity contribution in [3.63, 3.8) is 0 Å². The third-order valence-corrected chi connectivity index (χ3v) is 2.63. The van der Waals surface area contributed by atoms with Crippen molar-refractivity contribution in [1.29, 1.82) is 0 Å². The van der Waals surface area contributed by atoms with Crippen LogP contribution >= 0.6 is 0 Å². The van der Waals surface area contributed by atoms with Crippen molar-refractivity contribution >= 4 is 5.78 Å². The van der Waals surface area contributed by atoms with Crippen LogP contribution in [-0.2, 0) is 9.53 Å². The molecule has 1 aliphatic rings. The Morgan fingerprint density at radius 3 is 2.71 bits per heavy atom. The highest BCUT2D eigenvalue weighted by Crippen LogP contribution is 2.22. The number of ketones is 1. The van der Waals surface area contributed by atoms with E-state index in [2.05, 4.69) is 0 Å². The Labute approximate surface area is 86.3 Å². The second kappa shape index (κ2) is 6.77. The van der Waals surface area contributed by atoms with Crippen LogP contribution in [0.3, 0.4) is 0 Å². The molecule has 0 bridgehead atoms. The van der Waals surface area contributed by atoms with Gasteiger partial charge in [-0.2, -0.15) is 0 Å². The van der Waals surface area contributed by atoms with Gasteiger partial charge in [0.15, 0.2) is 5.78 Å². The van der Waals surface area contributed by atoms with E-state index in [9.17, 15) is 4.79 Å². The fraction of sp³-hybridized carbons (Fsp3) is 0.750. The predicted molar refractivity (Wildman–Crippen MR) is 57.3 cm³/mol. The topological polar surface area (TPSA) is 26.3 Å². The first-order chi connectivity index (χ1) is 6.83. The van der Waals surface area contributed by atoms with Gasteiger partial charge in [0, 0.05) is 20.1 Å². The van der Waals surface area contributed by atoms with Crippen molar-refractivity contribution in [3.8, 4) is 0 Å². The van der Waals surface area contributed by atoms with Gasteiger partial charge < -0.3 is 4.74 Å². The molecule has 2 heteroatoms. The Balaban J connectivity index is 2.23. The largest absolute Gasteiger partial charge is 0.385 e. The summed E-state index contributed by atoms with van der Waals surface area (Å²) in [6.07, 6.45) is 9.47. The van der Waals surface area contributed by atoms with Crippen molar-refractivity contribution in [2.75, 3.05) is 13.7 Å². The molecule has 0 N–H and O–H groups in total. The summed E-state index contributed by atoms with van der Waals surface area (Å²) in [6.45, 7) is 0.689. The van der Waals surface area contributed by atoms with E-state index in [0.29, 0.717) is 13.0 Å². The summed E-state index contributed by atoms with van der Waals surface area (Å²) in [6, 6.07) is 0. The first-order valence-electron chi connectivity index (χ1n) is 5.54. The quantitative estimate of drug-likeness (QED) is 0.499. The zero-order valence-electron chi connectivity index (χ0n) is 9.05. The lowest BCUT2D eigenvalue weighted by molar-refractivity contribution is -0.114. The van der Waals surface area contributed by atoms with Crippen LogP contribution in [-0.4, -0.2) is 19.5 Å². The molecular formula is C12H20O2. The second-order valence-electron chi connectivity index (χ2n) is 3.93. The Bertz CT molecular complexity index is 198. The van der Waals surface area contributed by atoms with Gasteiger partial charge in [-0.05, 0) is 38.2 Å². The molecule has 1 fully saturated rings. The molecule has 0 unspecified atom stereocenters. The number of ether oxygens (including phenoxy) is 1. The minimum Gasteiger partial charge on any atom is -0.385 e. The molecule has 0 amide bonds. The predicted octanol–water partition coefficient (Wildman–Crippen LogP) is 2.87. The molecule has 0 heterocycles. The van der Waals surface area contributed by atoms with Gasteiger partial charge in [0.1, 0.15) is 0 Å². The number of hydrogen-bond donors (Lipinski definition) is 0. The SMILES string of the molecule is COCCCC(=O)C=C1CCCCC1. The van der Waals surface area contributed by atoms with Gasteiger partial charge in [-0.15, -0.1) is 0 Å². The molecule has 0 atom stereocenters. The average molecular weight is 196 g/mol. The van der Waals surface area contributed by atoms with Crippen LogP contribution in [0.5, 0.6) is 0 Å². The highest BCUT2D eigenvalue weighted by Gasteiger charge is 2.07. The summed E-state index contributed by atoms with van der Waals surface area (Å²) in [7, 11) is 1.67. The van der Waals surface area contributed by atoms with E-state index in [0.717, 1.165) is 19.3 Å². The normalized spacial score (nSPS) is 16.8. The zero-order chi connectivity index (χ0) is 10.2. The number of rotatable bonds is 5. The summed E-state index contributed by atoms with van der Waals surface area (Å²) in [5, 5.41) is 0. The third kappa shape index (κ3) is 4.56. The highest BCUT2D eigenvalue weighted by atomic mass is 16.5. The highest BCUT2D eigenvalue weighted by molar-refractivity contribution is 5.90. The molecular weight excluding hydrogens is 176 g/mol. The van der Waals surface area contributed by atoms with Crippen LogP contribution in [0.2, 0.25) is 0 Å². The summed E-state index contributed by atoms with van der Waals surface area (Å²) in [5.74, 6) is 0.277. The van der Waals surface area contributed by atoms with Gasteiger partial charge in [-0.3, -0.25) is 4.79 Å². The van der Waals surface area contributed by atoms with E-state index in [-0.39, 0.29) is 5.78 Å². The molecule has 0 aliphatic heterocycles. The molecule has 0 aromatic heterocycles. The lowest BCUT2D eigenvalue weighted by atomic mass is 9.93. The fourth-order valence-electron chi connectivity index (χ4n) is 1.84. The zero-order valence-corrected chi connectivity index (χ0v) is 9.05. The first-order valence-corrected chi connectivity index (χ1v) is 5.54. The van der Waals surface area contributed by atoms with Gasteiger partial charge in [0.25, 0.3) is 0 Å². The number of hydrogen-bond acceptors (Lipinski definition) is 2. The maximum absolute atomic E-state index is 11.5. The van der Waals surface area contributed by atoms with Crippen LogP contribution < -0.4 is 0 Å². The lowest BCUT2D eigenvalue weighted by Gasteiger charge is -2.12. The first kappa shape index (κ1) is 11.4. The molecule has 0 saturated heterocycles. The van der Waals surface area contributed by atoms with E-state index >= 15 is 0 Å². The smallest absolute Gasteiger partial charge is 0.155 e. The number of carbonyl (C=O) groups excluding carboxylic acids is 1. The van der Waals surface area contributed by atoms with Gasteiger partial charge in [0.2, 0.25) is 0 Å². The van der Waals surface area contributed by atoms with Gasteiger partial charge in [-0.25, -0.2) is 0 Å². The van der Waals surface area contributed by atoms with Crippen molar-refractivity contribution < 1.29 is 9.53 Å². The van der Waals surface area contributed by atoms with Crippen molar-refractivity contribution in [2.45, 2.75) is 44.9 Å². The summed E-state index contributed by atoms with van der Waals surface area (Å²) in [4.78, 5) is 11.5. The van der Waals surface area contributed by atoms with Crippen LogP contribution in [0.4, 0.5) is 0 Å². The number of methoxy groups -OCH3 is 1. The maximum atomic E-state index is 11.5. The minimum atomic E-state index is 0.277. The third-order valence-electron chi connectivity index (χ3n) is 2.63. The van der Waals surface area contributed by atoms with Crippen molar-refractivity contribution in [1.82, 2.24) is 0 Å². The minimum absolute atomic E-state index is 0.277. The Hall–Kier alpha value is -0.630. The van der Waals surface area contributed by atoms with E-state index in [1.807, 2.05) is 6.08 Å². The standard InChI is InChI=1S/C12H20O2/c1-14-9-5-8-12(13)10-11-6-3-2-4-7-11/h10H,2-9H2,1H3. The van der Waals surface area contributed by atoms with Gasteiger partial charge in [-0.1, -0.05) is 12.0 Å². The van der Waals surface area contributed by atoms with Gasteiger partial charge in [0.05, 0.1) is 0 Å². The van der Waals surface area contributed by atoms with Crippen LogP contribution in [0.25, 0.3) is 0 Å². The average Bonchev–Trinajstić information content (AvgIpc) is 2.20. The monoisotopic (exact) mass is 196 g/mol. The number of allylic oxidation sites excluding steroid dienone is 2. The number of carbonyl (C=O) groups is 1. The second-order valence-corrected chi connectivity index (χ2v) is 3.93. The molecule has 0 aromatic carbocycles. The van der Waals surface area contributed by atoms with Crippen molar-refractivity contribution in [2.24, 2.45) is 0 Å². The van der Waals surface area contributed by atoms with E-state index < -0.39 is 0 Å². The van der Waals surface area contributed by atoms with Crippen LogP contribution in [0, 0.1) is 0 Å².